The van der Waals surface area contributed by atoms with Gasteiger partial charge >= 0.3 is 24.4 Å². The Morgan fingerprint density at radius 3 is 2.11 bits per heavy atom. The van der Waals surface area contributed by atoms with Crippen LogP contribution in [0.3, 0.4) is 0 Å². The van der Waals surface area contributed by atoms with Crippen molar-refractivity contribution in [3.05, 3.63) is 29.3 Å². The van der Waals surface area contributed by atoms with Gasteiger partial charge in [-0.2, -0.15) is 26.3 Å². The average molecular weight is 554 g/mol. The lowest BCUT2D eigenvalue weighted by Gasteiger charge is -2.40. The molecule has 13 heteroatoms. The molecule has 2 heterocycles. The van der Waals surface area contributed by atoms with Gasteiger partial charge in [-0.25, -0.2) is 4.79 Å². The molecule has 2 fully saturated rings. The second-order valence-corrected chi connectivity index (χ2v) is 10.0. The van der Waals surface area contributed by atoms with E-state index >= 15 is 0 Å². The number of piperazine rings is 1. The molecule has 0 bridgehead atoms. The number of hydrogen-bond acceptors (Lipinski definition) is 5. The summed E-state index contributed by atoms with van der Waals surface area (Å²) in [6, 6.07) is 3.80. The third kappa shape index (κ3) is 7.23. The lowest BCUT2D eigenvalue weighted by atomic mass is 9.75. The number of ether oxygens (including phenoxy) is 1. The Bertz CT molecular complexity index is 984. The third-order valence-electron chi connectivity index (χ3n) is 7.35. The second-order valence-electron chi connectivity index (χ2n) is 10.0. The second kappa shape index (κ2) is 11.6. The number of anilines is 1. The summed E-state index contributed by atoms with van der Waals surface area (Å²) in [4.78, 5) is 28.7. The highest BCUT2D eigenvalue weighted by Crippen LogP contribution is 2.39. The van der Waals surface area contributed by atoms with Gasteiger partial charge in [0.1, 0.15) is 0 Å². The molecule has 0 radical (unpaired) electrons. The van der Waals surface area contributed by atoms with Crippen LogP contribution in [-0.2, 0) is 22.3 Å². The molecule has 1 aromatic carbocycles. The summed E-state index contributed by atoms with van der Waals surface area (Å²) in [6.07, 6.45) is -10.7. The van der Waals surface area contributed by atoms with Crippen molar-refractivity contribution in [2.45, 2.75) is 64.5 Å². The van der Waals surface area contributed by atoms with E-state index in [0.717, 1.165) is 24.0 Å². The summed E-state index contributed by atoms with van der Waals surface area (Å²) >= 11 is 0. The van der Waals surface area contributed by atoms with Crippen LogP contribution in [0, 0.1) is 5.41 Å². The van der Waals surface area contributed by atoms with Crippen molar-refractivity contribution in [2.24, 2.45) is 5.41 Å². The molecule has 1 atom stereocenters. The molecule has 0 spiro atoms. The van der Waals surface area contributed by atoms with Gasteiger partial charge in [0.2, 0.25) is 0 Å². The summed E-state index contributed by atoms with van der Waals surface area (Å²) in [5, 5.41) is 9.73. The smallest absolute Gasteiger partial charge is 0.425 e. The van der Waals surface area contributed by atoms with E-state index in [9.17, 15) is 41.0 Å². The van der Waals surface area contributed by atoms with E-state index in [4.69, 9.17) is 0 Å². The van der Waals surface area contributed by atoms with Gasteiger partial charge in [0.05, 0.1) is 11.0 Å². The average Bonchev–Trinajstić information content (AvgIpc) is 2.83. The van der Waals surface area contributed by atoms with Crippen molar-refractivity contribution in [1.29, 1.82) is 0 Å². The quantitative estimate of drug-likeness (QED) is 0.457. The van der Waals surface area contributed by atoms with Crippen LogP contribution in [0.2, 0.25) is 0 Å². The first-order valence-electron chi connectivity index (χ1n) is 12.6. The van der Waals surface area contributed by atoms with Crippen LogP contribution in [0.4, 0.5) is 36.8 Å². The first-order chi connectivity index (χ1) is 17.6. The number of carbonyl (C=O) groups is 2. The van der Waals surface area contributed by atoms with Crippen LogP contribution in [0.5, 0.6) is 0 Å². The molecular formula is C25H33F6N3O4. The Morgan fingerprint density at radius 1 is 1.00 bits per heavy atom. The minimum Gasteiger partial charge on any atom is -0.481 e. The monoisotopic (exact) mass is 553 g/mol. The number of alkyl halides is 6. The van der Waals surface area contributed by atoms with Gasteiger partial charge in [-0.3, -0.25) is 9.69 Å². The van der Waals surface area contributed by atoms with Gasteiger partial charge in [-0.1, -0.05) is 13.3 Å². The summed E-state index contributed by atoms with van der Waals surface area (Å²) in [5.74, 6) is -0.875. The highest BCUT2D eigenvalue weighted by Gasteiger charge is 2.42. The molecule has 1 amide bonds. The molecule has 7 nitrogen and oxygen atoms in total. The summed E-state index contributed by atoms with van der Waals surface area (Å²) in [7, 11) is 0. The van der Waals surface area contributed by atoms with Crippen molar-refractivity contribution in [3.63, 3.8) is 0 Å². The summed E-state index contributed by atoms with van der Waals surface area (Å²) in [6.45, 7) is 4.11. The maximum atomic E-state index is 13.7. The topological polar surface area (TPSA) is 73.3 Å². The molecule has 2 aliphatic rings. The van der Waals surface area contributed by atoms with Gasteiger partial charge < -0.3 is 19.6 Å². The Morgan fingerprint density at radius 2 is 1.61 bits per heavy atom. The molecule has 2 aliphatic heterocycles. The van der Waals surface area contributed by atoms with Crippen molar-refractivity contribution in [1.82, 2.24) is 9.80 Å². The van der Waals surface area contributed by atoms with Crippen LogP contribution in [0.25, 0.3) is 0 Å². The lowest BCUT2D eigenvalue weighted by Crippen LogP contribution is -2.49. The zero-order chi connectivity index (χ0) is 28.3. The predicted octanol–water partition coefficient (Wildman–Crippen LogP) is 5.38. The highest BCUT2D eigenvalue weighted by molar-refractivity contribution is 5.75. The largest absolute Gasteiger partial charge is 0.481 e. The van der Waals surface area contributed by atoms with Crippen LogP contribution in [0.1, 0.15) is 50.7 Å². The zero-order valence-electron chi connectivity index (χ0n) is 21.4. The van der Waals surface area contributed by atoms with Crippen molar-refractivity contribution >= 4 is 17.7 Å². The molecule has 38 heavy (non-hydrogen) atoms. The molecule has 1 aromatic rings. The molecule has 0 aliphatic carbocycles. The number of rotatable bonds is 7. The predicted molar refractivity (Wildman–Crippen MR) is 127 cm³/mol. The molecule has 2 saturated heterocycles. The van der Waals surface area contributed by atoms with Gasteiger partial charge in [-0.05, 0) is 49.9 Å². The van der Waals surface area contributed by atoms with E-state index in [1.165, 1.54) is 0 Å². The number of carbonyl (C=O) groups excluding carboxylic acids is 1. The molecule has 1 unspecified atom stereocenters. The zero-order valence-corrected chi connectivity index (χ0v) is 21.4. The number of piperidine rings is 1. The van der Waals surface area contributed by atoms with E-state index < -0.39 is 41.5 Å². The fourth-order valence-electron chi connectivity index (χ4n) is 4.99. The maximum absolute atomic E-state index is 13.7. The Balaban J connectivity index is 1.68. The summed E-state index contributed by atoms with van der Waals surface area (Å²) in [5.41, 5.74) is -0.903. The Kier molecular flexibility index (Phi) is 9.10. The van der Waals surface area contributed by atoms with Crippen LogP contribution < -0.4 is 4.90 Å². The van der Waals surface area contributed by atoms with Crippen molar-refractivity contribution in [2.75, 3.05) is 44.2 Å². The number of carboxylic acids is 1. The van der Waals surface area contributed by atoms with E-state index in [2.05, 4.69) is 4.74 Å². The van der Waals surface area contributed by atoms with Crippen molar-refractivity contribution in [3.8, 4) is 0 Å². The number of halogens is 6. The Labute approximate surface area is 217 Å². The molecule has 0 saturated carbocycles. The van der Waals surface area contributed by atoms with Gasteiger partial charge in [0.25, 0.3) is 0 Å². The number of nitrogens with zero attached hydrogens (tertiary/aromatic N) is 3. The maximum Gasteiger partial charge on any atom is 0.425 e. The normalized spacial score (nSPS) is 19.8. The molecule has 1 N–H and O–H groups in total. The molecule has 0 aromatic heterocycles. The standard InChI is InChI=1S/C25H33F6N3O4/c1-3-4-23(21(35)36)5-7-33(8-6-23)20-14-18(13-19(15-20)25(29,30)31)16-32-9-11-34(12-10-32)22(37)38-17(2)24(26,27)28/h13-15,17H,3-12,16H2,1-2H3,(H,35,36). The fourth-order valence-corrected chi connectivity index (χ4v) is 4.99. The Hall–Kier alpha value is -2.70. The van der Waals surface area contributed by atoms with Gasteiger partial charge in [0, 0.05) is 51.5 Å². The SMILES string of the molecule is CCCC1(C(=O)O)CCN(c2cc(CN3CCN(C(=O)OC(C)C(F)(F)F)CC3)cc(C(F)(F)F)c2)CC1. The van der Waals surface area contributed by atoms with Crippen molar-refractivity contribution < 1.29 is 45.8 Å². The van der Waals surface area contributed by atoms with E-state index in [0.29, 0.717) is 50.0 Å². The van der Waals surface area contributed by atoms with Gasteiger partial charge in [-0.15, -0.1) is 0 Å². The highest BCUT2D eigenvalue weighted by atomic mass is 19.4. The lowest BCUT2D eigenvalue weighted by molar-refractivity contribution is -0.200. The minimum atomic E-state index is -4.67. The first-order valence-corrected chi connectivity index (χ1v) is 12.6. The first kappa shape index (κ1) is 29.9. The fraction of sp³-hybridized carbons (Fsp3) is 0.680. The van der Waals surface area contributed by atoms with E-state index in [1.807, 2.05) is 11.8 Å². The molecule has 3 rings (SSSR count). The van der Waals surface area contributed by atoms with Gasteiger partial charge in [0.15, 0.2) is 6.10 Å². The van der Waals surface area contributed by atoms with Crippen LogP contribution in [-0.4, -0.2) is 78.5 Å². The van der Waals surface area contributed by atoms with E-state index in [-0.39, 0.29) is 32.7 Å². The van der Waals surface area contributed by atoms with Crippen LogP contribution >= 0.6 is 0 Å². The summed E-state index contributed by atoms with van der Waals surface area (Å²) < 4.78 is 83.6. The number of amides is 1. The molecular weight excluding hydrogens is 520 g/mol. The number of hydrogen-bond donors (Lipinski definition) is 1. The minimum absolute atomic E-state index is 0.0794. The third-order valence-corrected chi connectivity index (χ3v) is 7.35. The van der Waals surface area contributed by atoms with E-state index in [1.54, 1.807) is 11.0 Å². The number of carboxylic acid groups (broad SMARTS) is 1. The van der Waals surface area contributed by atoms with Crippen LogP contribution in [0.15, 0.2) is 18.2 Å². The molecule has 214 valence electrons. The number of aliphatic carboxylic acids is 1. The number of benzene rings is 1.